The van der Waals surface area contributed by atoms with E-state index in [0.29, 0.717) is 24.5 Å². The number of carbonyl (C=O) groups is 1. The fourth-order valence-corrected chi connectivity index (χ4v) is 2.29. The first kappa shape index (κ1) is 9.09. The van der Waals surface area contributed by atoms with Crippen LogP contribution in [0.25, 0.3) is 11.0 Å². The number of nitrogens with zero attached hydrogens (tertiary/aromatic N) is 1. The number of rotatable bonds is 1. The van der Waals surface area contributed by atoms with E-state index in [1.54, 1.807) is 6.20 Å². The monoisotopic (exact) mass is 264 g/mol. The summed E-state index contributed by atoms with van der Waals surface area (Å²) < 4.78 is 0.977. The molecule has 0 aromatic carbocycles. The third kappa shape index (κ3) is 1.49. The molecule has 2 aromatic rings. The zero-order chi connectivity index (χ0) is 10.4. The van der Waals surface area contributed by atoms with E-state index in [0.717, 1.165) is 21.2 Å². The molecule has 1 fully saturated rings. The molecule has 76 valence electrons. The number of aromatic nitrogens is 2. The SMILES string of the molecule is O=C1CC(c2cc3cc(Br)cnc3[nH]2)C1. The quantitative estimate of drug-likeness (QED) is 0.861. The van der Waals surface area contributed by atoms with Crippen LogP contribution in [0.3, 0.4) is 0 Å². The minimum absolute atomic E-state index is 0.354. The number of halogens is 1. The molecular weight excluding hydrogens is 256 g/mol. The Balaban J connectivity index is 2.03. The molecule has 0 bridgehead atoms. The van der Waals surface area contributed by atoms with E-state index >= 15 is 0 Å². The second-order valence-electron chi connectivity index (χ2n) is 3.96. The molecular formula is C11H9BrN2O. The number of H-pyrrole nitrogens is 1. The highest BCUT2D eigenvalue weighted by molar-refractivity contribution is 9.10. The first-order chi connectivity index (χ1) is 7.22. The predicted molar refractivity (Wildman–Crippen MR) is 60.8 cm³/mol. The van der Waals surface area contributed by atoms with Gasteiger partial charge in [0.25, 0.3) is 0 Å². The van der Waals surface area contributed by atoms with Crippen molar-refractivity contribution in [2.45, 2.75) is 18.8 Å². The summed E-state index contributed by atoms with van der Waals surface area (Å²) in [5.74, 6) is 0.735. The second-order valence-corrected chi connectivity index (χ2v) is 4.88. The van der Waals surface area contributed by atoms with Crippen molar-refractivity contribution in [2.75, 3.05) is 0 Å². The van der Waals surface area contributed by atoms with Crippen LogP contribution in [0, 0.1) is 0 Å². The van der Waals surface area contributed by atoms with Crippen LogP contribution in [0.2, 0.25) is 0 Å². The highest BCUT2D eigenvalue weighted by atomic mass is 79.9. The average Bonchev–Trinajstić information content (AvgIpc) is 2.55. The Labute approximate surface area is 95.0 Å². The molecule has 1 aliphatic carbocycles. The largest absolute Gasteiger partial charge is 0.343 e. The third-order valence-corrected chi connectivity index (χ3v) is 3.28. The Bertz CT molecular complexity index is 539. The molecule has 0 unspecified atom stereocenters. The van der Waals surface area contributed by atoms with Crippen LogP contribution >= 0.6 is 15.9 Å². The van der Waals surface area contributed by atoms with Crippen LogP contribution in [0.5, 0.6) is 0 Å². The molecule has 3 nitrogen and oxygen atoms in total. The molecule has 0 aliphatic heterocycles. The fraction of sp³-hybridized carbons (Fsp3) is 0.273. The normalized spacial score (nSPS) is 17.0. The lowest BCUT2D eigenvalue weighted by Gasteiger charge is -2.22. The molecule has 0 saturated heterocycles. The molecule has 1 aliphatic rings. The molecule has 0 atom stereocenters. The summed E-state index contributed by atoms with van der Waals surface area (Å²) >= 11 is 3.39. The number of Topliss-reactive ketones (excluding diaryl/α,β-unsaturated/α-hetero) is 1. The maximum Gasteiger partial charge on any atom is 0.137 e. The van der Waals surface area contributed by atoms with Gasteiger partial charge in [-0.05, 0) is 28.1 Å². The van der Waals surface area contributed by atoms with E-state index in [1.165, 1.54) is 0 Å². The van der Waals surface area contributed by atoms with Crippen LogP contribution in [-0.4, -0.2) is 15.8 Å². The number of pyridine rings is 1. The Hall–Kier alpha value is -1.16. The topological polar surface area (TPSA) is 45.8 Å². The summed E-state index contributed by atoms with van der Waals surface area (Å²) in [5.41, 5.74) is 2.03. The lowest BCUT2D eigenvalue weighted by Crippen LogP contribution is -2.21. The van der Waals surface area contributed by atoms with Gasteiger partial charge in [-0.1, -0.05) is 0 Å². The van der Waals surface area contributed by atoms with E-state index in [4.69, 9.17) is 0 Å². The van der Waals surface area contributed by atoms with Crippen LogP contribution in [0.15, 0.2) is 22.8 Å². The van der Waals surface area contributed by atoms with Gasteiger partial charge in [-0.2, -0.15) is 0 Å². The van der Waals surface area contributed by atoms with E-state index in [-0.39, 0.29) is 0 Å². The van der Waals surface area contributed by atoms with Crippen molar-refractivity contribution in [2.24, 2.45) is 0 Å². The lowest BCUT2D eigenvalue weighted by molar-refractivity contribution is -0.124. The van der Waals surface area contributed by atoms with Gasteiger partial charge < -0.3 is 4.98 Å². The molecule has 15 heavy (non-hydrogen) atoms. The molecule has 4 heteroatoms. The van der Waals surface area contributed by atoms with Crippen LogP contribution in [0.1, 0.15) is 24.5 Å². The standard InChI is InChI=1S/C11H9BrN2O/c12-8-1-7-4-10(6-2-9(15)3-6)14-11(7)13-5-8/h1,4-6H,2-3H2,(H,13,14). The van der Waals surface area contributed by atoms with Crippen molar-refractivity contribution in [3.63, 3.8) is 0 Å². The molecule has 2 aromatic heterocycles. The van der Waals surface area contributed by atoms with Crippen molar-refractivity contribution in [3.05, 3.63) is 28.5 Å². The van der Waals surface area contributed by atoms with Crippen LogP contribution in [0.4, 0.5) is 0 Å². The van der Waals surface area contributed by atoms with Gasteiger partial charge >= 0.3 is 0 Å². The maximum absolute atomic E-state index is 10.9. The van der Waals surface area contributed by atoms with Crippen molar-refractivity contribution < 1.29 is 4.79 Å². The molecule has 1 N–H and O–H groups in total. The van der Waals surface area contributed by atoms with Crippen molar-refractivity contribution >= 4 is 32.7 Å². The van der Waals surface area contributed by atoms with Crippen molar-refractivity contribution in [1.29, 1.82) is 0 Å². The zero-order valence-electron chi connectivity index (χ0n) is 7.96. The number of carbonyl (C=O) groups excluding carboxylic acids is 1. The average molecular weight is 265 g/mol. The van der Waals surface area contributed by atoms with E-state index in [9.17, 15) is 4.79 Å². The molecule has 2 heterocycles. The summed E-state index contributed by atoms with van der Waals surface area (Å²) in [7, 11) is 0. The number of hydrogen-bond acceptors (Lipinski definition) is 2. The summed E-state index contributed by atoms with van der Waals surface area (Å²) in [4.78, 5) is 18.5. The molecule has 1 saturated carbocycles. The first-order valence-electron chi connectivity index (χ1n) is 4.88. The Morgan fingerprint density at radius 1 is 1.40 bits per heavy atom. The first-order valence-corrected chi connectivity index (χ1v) is 5.67. The van der Waals surface area contributed by atoms with Crippen LogP contribution in [-0.2, 0) is 4.79 Å². The van der Waals surface area contributed by atoms with Gasteiger partial charge in [0.15, 0.2) is 0 Å². The van der Waals surface area contributed by atoms with Crippen LogP contribution < -0.4 is 0 Å². The zero-order valence-corrected chi connectivity index (χ0v) is 9.54. The summed E-state index contributed by atoms with van der Waals surface area (Å²) in [6.45, 7) is 0. The van der Waals surface area contributed by atoms with Gasteiger partial charge in [0, 0.05) is 40.5 Å². The third-order valence-electron chi connectivity index (χ3n) is 2.85. The molecule has 0 spiro atoms. The molecule has 0 amide bonds. The van der Waals surface area contributed by atoms with E-state index in [1.807, 2.05) is 6.07 Å². The van der Waals surface area contributed by atoms with E-state index < -0.39 is 0 Å². The number of hydrogen-bond donors (Lipinski definition) is 1. The van der Waals surface area contributed by atoms with Gasteiger partial charge in [-0.25, -0.2) is 4.98 Å². The number of fused-ring (bicyclic) bond motifs is 1. The number of nitrogens with one attached hydrogen (secondary N) is 1. The highest BCUT2D eigenvalue weighted by Gasteiger charge is 2.29. The van der Waals surface area contributed by atoms with Crippen molar-refractivity contribution in [1.82, 2.24) is 9.97 Å². The summed E-state index contributed by atoms with van der Waals surface area (Å²) in [6, 6.07) is 4.12. The highest BCUT2D eigenvalue weighted by Crippen LogP contribution is 2.34. The minimum Gasteiger partial charge on any atom is -0.343 e. The van der Waals surface area contributed by atoms with Gasteiger partial charge in [0.2, 0.25) is 0 Å². The Morgan fingerprint density at radius 2 is 2.20 bits per heavy atom. The number of ketones is 1. The molecule has 3 rings (SSSR count). The lowest BCUT2D eigenvalue weighted by atomic mass is 9.82. The van der Waals surface area contributed by atoms with Gasteiger partial charge in [0.1, 0.15) is 11.4 Å². The second kappa shape index (κ2) is 3.17. The smallest absolute Gasteiger partial charge is 0.137 e. The van der Waals surface area contributed by atoms with Gasteiger partial charge in [-0.15, -0.1) is 0 Å². The summed E-state index contributed by atoms with van der Waals surface area (Å²) in [6.07, 6.45) is 3.12. The van der Waals surface area contributed by atoms with Crippen molar-refractivity contribution in [3.8, 4) is 0 Å². The van der Waals surface area contributed by atoms with Gasteiger partial charge in [0.05, 0.1) is 0 Å². The number of aromatic amines is 1. The Morgan fingerprint density at radius 3 is 2.93 bits per heavy atom. The summed E-state index contributed by atoms with van der Waals surface area (Å²) in [5, 5.41) is 1.10. The Kier molecular flexibility index (Phi) is 1.92. The van der Waals surface area contributed by atoms with Gasteiger partial charge in [-0.3, -0.25) is 4.79 Å². The predicted octanol–water partition coefficient (Wildman–Crippen LogP) is 2.77. The maximum atomic E-state index is 10.9. The molecule has 0 radical (unpaired) electrons. The minimum atomic E-state index is 0.354. The fourth-order valence-electron chi connectivity index (χ4n) is 1.94. The van der Waals surface area contributed by atoms with E-state index in [2.05, 4.69) is 32.0 Å².